The first kappa shape index (κ1) is 23.6. The predicted octanol–water partition coefficient (Wildman–Crippen LogP) is 3.72. The molecule has 33 heavy (non-hydrogen) atoms. The van der Waals surface area contributed by atoms with Crippen molar-refractivity contribution in [2.45, 2.75) is 46.0 Å². The summed E-state index contributed by atoms with van der Waals surface area (Å²) in [6.07, 6.45) is 3.70. The number of aromatic nitrogens is 4. The van der Waals surface area contributed by atoms with E-state index in [1.807, 2.05) is 17.9 Å². The van der Waals surface area contributed by atoms with E-state index in [-0.39, 0.29) is 5.41 Å². The molecule has 2 aromatic heterocycles. The third kappa shape index (κ3) is 5.36. The third-order valence-corrected chi connectivity index (χ3v) is 6.68. The number of imidazole rings is 1. The van der Waals surface area contributed by atoms with E-state index in [0.717, 1.165) is 75.0 Å². The molecule has 3 heterocycles. The van der Waals surface area contributed by atoms with Crippen LogP contribution in [0, 0.1) is 6.92 Å². The van der Waals surface area contributed by atoms with E-state index in [9.17, 15) is 0 Å². The van der Waals surface area contributed by atoms with Crippen LogP contribution in [0.2, 0.25) is 0 Å². The smallest absolute Gasteiger partial charge is 0.227 e. The summed E-state index contributed by atoms with van der Waals surface area (Å²) in [5, 5.41) is 0. The van der Waals surface area contributed by atoms with E-state index in [1.54, 1.807) is 7.11 Å². The lowest BCUT2D eigenvalue weighted by atomic mass is 9.84. The molecule has 0 aliphatic carbocycles. The zero-order valence-corrected chi connectivity index (χ0v) is 21.1. The molecule has 0 radical (unpaired) electrons. The predicted molar refractivity (Wildman–Crippen MR) is 134 cm³/mol. The highest BCUT2D eigenvalue weighted by Crippen LogP contribution is 2.27. The molecule has 3 aromatic rings. The van der Waals surface area contributed by atoms with E-state index in [0.29, 0.717) is 0 Å². The summed E-state index contributed by atoms with van der Waals surface area (Å²) in [4.78, 5) is 19.3. The number of benzene rings is 1. The van der Waals surface area contributed by atoms with Crippen molar-refractivity contribution in [1.29, 1.82) is 0 Å². The molecule has 1 aliphatic rings. The number of fused-ring (bicyclic) bond motifs is 1. The first-order valence-corrected chi connectivity index (χ1v) is 12.0. The maximum absolute atomic E-state index is 5.20. The van der Waals surface area contributed by atoms with E-state index in [4.69, 9.17) is 14.7 Å². The number of ether oxygens (including phenoxy) is 1. The molecule has 0 amide bonds. The Morgan fingerprint density at radius 2 is 1.82 bits per heavy atom. The molecule has 0 unspecified atom stereocenters. The van der Waals surface area contributed by atoms with Gasteiger partial charge in [0.05, 0.1) is 12.0 Å². The number of hydrogen-bond donors (Lipinski definition) is 0. The largest absolute Gasteiger partial charge is 0.385 e. The van der Waals surface area contributed by atoms with Gasteiger partial charge in [0.25, 0.3) is 0 Å². The highest BCUT2D eigenvalue weighted by molar-refractivity contribution is 5.75. The van der Waals surface area contributed by atoms with Crippen LogP contribution in [0.3, 0.4) is 0 Å². The number of nitrogens with zero attached hydrogens (tertiary/aromatic N) is 6. The Kier molecular flexibility index (Phi) is 7.00. The zero-order valence-electron chi connectivity index (χ0n) is 21.1. The second-order valence-corrected chi connectivity index (χ2v) is 10.2. The van der Waals surface area contributed by atoms with Crippen LogP contribution < -0.4 is 4.90 Å². The Balaban J connectivity index is 1.60. The van der Waals surface area contributed by atoms with Gasteiger partial charge in [0, 0.05) is 59.9 Å². The van der Waals surface area contributed by atoms with Gasteiger partial charge in [-0.3, -0.25) is 4.90 Å². The van der Waals surface area contributed by atoms with Crippen LogP contribution in [-0.4, -0.2) is 70.9 Å². The van der Waals surface area contributed by atoms with Crippen molar-refractivity contribution in [1.82, 2.24) is 24.4 Å². The lowest BCUT2D eigenvalue weighted by Gasteiger charge is -2.34. The van der Waals surface area contributed by atoms with Crippen LogP contribution in [-0.2, 0) is 23.6 Å². The van der Waals surface area contributed by atoms with Crippen LogP contribution in [0.4, 0.5) is 5.95 Å². The average Bonchev–Trinajstić information content (AvgIpc) is 3.16. The number of methoxy groups -OCH3 is 1. The van der Waals surface area contributed by atoms with Crippen LogP contribution in [0.15, 0.2) is 24.5 Å². The van der Waals surface area contributed by atoms with Crippen molar-refractivity contribution in [3.05, 3.63) is 46.9 Å². The van der Waals surface area contributed by atoms with E-state index >= 15 is 0 Å². The SMILES string of the molecule is COCCCN1CCN(c2nc(Cc3cc(C(C)(C)C)ccc3C)c3c(ncn3C)n2)CC1. The van der Waals surface area contributed by atoms with Crippen LogP contribution >= 0.6 is 0 Å². The molecule has 1 aromatic carbocycles. The van der Waals surface area contributed by atoms with Gasteiger partial charge in [-0.05, 0) is 35.4 Å². The van der Waals surface area contributed by atoms with Crippen molar-refractivity contribution < 1.29 is 4.74 Å². The van der Waals surface area contributed by atoms with Crippen molar-refractivity contribution in [3.63, 3.8) is 0 Å². The van der Waals surface area contributed by atoms with E-state index in [2.05, 4.69) is 60.7 Å². The van der Waals surface area contributed by atoms with Gasteiger partial charge >= 0.3 is 0 Å². The highest BCUT2D eigenvalue weighted by atomic mass is 16.5. The summed E-state index contributed by atoms with van der Waals surface area (Å²) in [5.74, 6) is 0.803. The fourth-order valence-electron chi connectivity index (χ4n) is 4.50. The molecule has 0 saturated carbocycles. The zero-order chi connectivity index (χ0) is 23.6. The molecule has 0 atom stereocenters. The molecule has 1 aliphatic heterocycles. The average molecular weight is 451 g/mol. The quantitative estimate of drug-likeness (QED) is 0.512. The van der Waals surface area contributed by atoms with Crippen molar-refractivity contribution in [2.75, 3.05) is 51.3 Å². The first-order valence-electron chi connectivity index (χ1n) is 12.0. The van der Waals surface area contributed by atoms with Gasteiger partial charge in [0.1, 0.15) is 5.52 Å². The Morgan fingerprint density at radius 1 is 1.06 bits per heavy atom. The van der Waals surface area contributed by atoms with Crippen molar-refractivity contribution >= 4 is 17.1 Å². The van der Waals surface area contributed by atoms with Gasteiger partial charge in [0.2, 0.25) is 5.95 Å². The molecule has 7 nitrogen and oxygen atoms in total. The topological polar surface area (TPSA) is 59.3 Å². The van der Waals surface area contributed by atoms with Gasteiger partial charge in [-0.25, -0.2) is 9.97 Å². The maximum Gasteiger partial charge on any atom is 0.227 e. The number of rotatable bonds is 7. The maximum atomic E-state index is 5.20. The van der Waals surface area contributed by atoms with Crippen LogP contribution in [0.25, 0.3) is 11.2 Å². The molecule has 0 N–H and O–H groups in total. The molecule has 0 spiro atoms. The van der Waals surface area contributed by atoms with Gasteiger partial charge < -0.3 is 14.2 Å². The molecular weight excluding hydrogens is 412 g/mol. The number of anilines is 1. The number of piperazine rings is 1. The summed E-state index contributed by atoms with van der Waals surface area (Å²) in [6.45, 7) is 14.8. The summed E-state index contributed by atoms with van der Waals surface area (Å²) in [5.41, 5.74) is 6.93. The summed E-state index contributed by atoms with van der Waals surface area (Å²) >= 11 is 0. The molecule has 7 heteroatoms. The van der Waals surface area contributed by atoms with Crippen molar-refractivity contribution in [3.8, 4) is 0 Å². The lowest BCUT2D eigenvalue weighted by Crippen LogP contribution is -2.47. The lowest BCUT2D eigenvalue weighted by molar-refractivity contribution is 0.168. The Hall–Kier alpha value is -2.51. The molecule has 4 rings (SSSR count). The normalized spacial score (nSPS) is 15.5. The van der Waals surface area contributed by atoms with Gasteiger partial charge in [0.15, 0.2) is 5.65 Å². The fourth-order valence-corrected chi connectivity index (χ4v) is 4.50. The summed E-state index contributed by atoms with van der Waals surface area (Å²) in [7, 11) is 3.79. The number of aryl methyl sites for hydroxylation is 2. The molecule has 0 bridgehead atoms. The minimum absolute atomic E-state index is 0.115. The molecular formula is C26H38N6O. The van der Waals surface area contributed by atoms with Gasteiger partial charge in [-0.15, -0.1) is 0 Å². The van der Waals surface area contributed by atoms with Gasteiger partial charge in [-0.1, -0.05) is 39.0 Å². The second-order valence-electron chi connectivity index (χ2n) is 10.2. The van der Waals surface area contributed by atoms with Crippen LogP contribution in [0.5, 0.6) is 0 Å². The summed E-state index contributed by atoms with van der Waals surface area (Å²) in [6, 6.07) is 6.83. The molecule has 178 valence electrons. The second kappa shape index (κ2) is 9.77. The Labute approximate surface area is 197 Å². The van der Waals surface area contributed by atoms with E-state index < -0.39 is 0 Å². The molecule has 1 fully saturated rings. The highest BCUT2D eigenvalue weighted by Gasteiger charge is 2.22. The summed E-state index contributed by atoms with van der Waals surface area (Å²) < 4.78 is 7.24. The minimum Gasteiger partial charge on any atom is -0.385 e. The Bertz CT molecular complexity index is 1090. The minimum atomic E-state index is 0.115. The molecule has 1 saturated heterocycles. The Morgan fingerprint density at radius 3 is 2.52 bits per heavy atom. The monoisotopic (exact) mass is 450 g/mol. The van der Waals surface area contributed by atoms with E-state index in [1.165, 1.54) is 16.7 Å². The standard InChI is InChI=1S/C26H38N6O/c1-19-8-9-21(26(2,3)4)16-20(19)17-22-23-24(27-18-30(23)5)29-25(28-22)32-13-11-31(12-14-32)10-7-15-33-6/h8-9,16,18H,7,10-15,17H2,1-6H3. The first-order chi connectivity index (χ1) is 15.8. The number of hydrogen-bond acceptors (Lipinski definition) is 6. The van der Waals surface area contributed by atoms with Crippen LogP contribution in [0.1, 0.15) is 49.6 Å². The third-order valence-electron chi connectivity index (χ3n) is 6.68. The van der Waals surface area contributed by atoms with Crippen molar-refractivity contribution in [2.24, 2.45) is 7.05 Å². The van der Waals surface area contributed by atoms with Gasteiger partial charge in [-0.2, -0.15) is 4.98 Å². The fraction of sp³-hybridized carbons (Fsp3) is 0.577.